The lowest BCUT2D eigenvalue weighted by Crippen LogP contribution is -2.23. The van der Waals surface area contributed by atoms with Crippen LogP contribution in [0.25, 0.3) is 22.4 Å². The predicted octanol–water partition coefficient (Wildman–Crippen LogP) is 3.02. The Morgan fingerprint density at radius 1 is 1.00 bits per heavy atom. The first-order chi connectivity index (χ1) is 11.2. The fourth-order valence-electron chi connectivity index (χ4n) is 2.38. The van der Waals surface area contributed by atoms with E-state index in [1.165, 1.54) is 15.7 Å². The Morgan fingerprint density at radius 3 is 2.52 bits per heavy atom. The van der Waals surface area contributed by atoms with Gasteiger partial charge in [0.1, 0.15) is 0 Å². The molecule has 0 N–H and O–H groups in total. The lowest BCUT2D eigenvalue weighted by Gasteiger charge is -1.99. The first-order valence-corrected chi connectivity index (χ1v) is 8.13. The van der Waals surface area contributed by atoms with Crippen molar-refractivity contribution >= 4 is 34.0 Å². The minimum atomic E-state index is -0.131. The lowest BCUT2D eigenvalue weighted by atomic mass is 10.2. The molecule has 0 amide bonds. The molecule has 0 aliphatic rings. The quantitative estimate of drug-likeness (QED) is 0.564. The summed E-state index contributed by atoms with van der Waals surface area (Å²) in [6, 6.07) is 17.0. The topological polar surface area (TPSA) is 47.3 Å². The molecule has 4 rings (SSSR count). The predicted molar refractivity (Wildman–Crippen MR) is 92.8 cm³/mol. The summed E-state index contributed by atoms with van der Waals surface area (Å²) in [4.78, 5) is 13.3. The second-order valence-corrected chi connectivity index (χ2v) is 6.36. The van der Waals surface area contributed by atoms with Crippen LogP contribution in [0.1, 0.15) is 5.56 Å². The van der Waals surface area contributed by atoms with Gasteiger partial charge in [0.2, 0.25) is 4.96 Å². The molecule has 2 aromatic carbocycles. The molecule has 0 saturated heterocycles. The van der Waals surface area contributed by atoms with Crippen LogP contribution in [0.3, 0.4) is 0 Å². The zero-order valence-corrected chi connectivity index (χ0v) is 13.4. The third kappa shape index (κ3) is 2.44. The van der Waals surface area contributed by atoms with E-state index < -0.39 is 0 Å². The van der Waals surface area contributed by atoms with Crippen LogP contribution in [0.2, 0.25) is 5.02 Å². The molecule has 2 heterocycles. The molecule has 6 heteroatoms. The maximum Gasteiger partial charge on any atom is 0.276 e. The van der Waals surface area contributed by atoms with Gasteiger partial charge in [-0.2, -0.15) is 0 Å². The Bertz CT molecular complexity index is 1100. The summed E-state index contributed by atoms with van der Waals surface area (Å²) >= 11 is 7.54. The van der Waals surface area contributed by atoms with Gasteiger partial charge in [-0.05, 0) is 23.8 Å². The van der Waals surface area contributed by atoms with E-state index in [9.17, 15) is 4.79 Å². The van der Waals surface area contributed by atoms with E-state index in [2.05, 4.69) is 10.2 Å². The van der Waals surface area contributed by atoms with E-state index in [1.54, 1.807) is 6.07 Å². The van der Waals surface area contributed by atoms with Gasteiger partial charge in [-0.3, -0.25) is 4.79 Å². The first-order valence-electron chi connectivity index (χ1n) is 6.93. The van der Waals surface area contributed by atoms with Crippen molar-refractivity contribution in [3.8, 4) is 11.4 Å². The number of benzene rings is 2. The fourth-order valence-corrected chi connectivity index (χ4v) is 3.51. The lowest BCUT2D eigenvalue weighted by molar-refractivity contribution is 1.09. The van der Waals surface area contributed by atoms with Crippen LogP contribution in [-0.4, -0.2) is 14.6 Å². The molecule has 112 valence electrons. The number of aromatic nitrogens is 3. The number of halogens is 1. The number of nitrogens with zero attached hydrogens (tertiary/aromatic N) is 3. The molecule has 0 fully saturated rings. The molecular formula is C17H10ClN3OS. The van der Waals surface area contributed by atoms with Crippen LogP contribution >= 0.6 is 22.9 Å². The van der Waals surface area contributed by atoms with Gasteiger partial charge in [0.15, 0.2) is 5.82 Å². The van der Waals surface area contributed by atoms with E-state index in [0.29, 0.717) is 25.9 Å². The molecule has 23 heavy (non-hydrogen) atoms. The molecule has 0 saturated carbocycles. The van der Waals surface area contributed by atoms with Gasteiger partial charge in [-0.1, -0.05) is 65.4 Å². The van der Waals surface area contributed by atoms with Gasteiger partial charge in [0, 0.05) is 5.56 Å². The van der Waals surface area contributed by atoms with Crippen LogP contribution in [-0.2, 0) is 0 Å². The Balaban J connectivity index is 1.96. The molecule has 0 spiro atoms. The summed E-state index contributed by atoms with van der Waals surface area (Å²) in [5.74, 6) is 0.472. The van der Waals surface area contributed by atoms with Crippen LogP contribution in [0, 0.1) is 0 Å². The minimum absolute atomic E-state index is 0.131. The van der Waals surface area contributed by atoms with Crippen molar-refractivity contribution in [3.05, 3.63) is 80.1 Å². The van der Waals surface area contributed by atoms with Crippen molar-refractivity contribution in [1.82, 2.24) is 14.6 Å². The zero-order valence-electron chi connectivity index (χ0n) is 11.8. The monoisotopic (exact) mass is 339 g/mol. The van der Waals surface area contributed by atoms with Gasteiger partial charge in [-0.25, -0.2) is 4.40 Å². The van der Waals surface area contributed by atoms with Crippen LogP contribution in [0.5, 0.6) is 0 Å². The summed E-state index contributed by atoms with van der Waals surface area (Å²) in [5.41, 5.74) is 1.54. The summed E-state index contributed by atoms with van der Waals surface area (Å²) in [6.07, 6.45) is 1.86. The Labute approximate surface area is 140 Å². The SMILES string of the molecule is O=c1c(=Cc2ccccc2)sc2nnc(-c3ccccc3Cl)n12. The number of rotatable bonds is 2. The standard InChI is InChI=1S/C17H10ClN3OS/c18-13-9-5-4-8-12(13)15-19-20-17-21(15)16(22)14(23-17)10-11-6-2-1-3-7-11/h1-10H. The van der Waals surface area contributed by atoms with E-state index in [4.69, 9.17) is 11.6 Å². The van der Waals surface area contributed by atoms with Crippen molar-refractivity contribution in [2.75, 3.05) is 0 Å². The second kappa shape index (κ2) is 5.61. The van der Waals surface area contributed by atoms with Crippen LogP contribution in [0.4, 0.5) is 0 Å². The van der Waals surface area contributed by atoms with Gasteiger partial charge < -0.3 is 0 Å². The molecule has 4 nitrogen and oxygen atoms in total. The van der Waals surface area contributed by atoms with Crippen molar-refractivity contribution in [3.63, 3.8) is 0 Å². The Hall–Kier alpha value is -2.50. The molecular weight excluding hydrogens is 330 g/mol. The number of hydrogen-bond donors (Lipinski definition) is 0. The van der Waals surface area contributed by atoms with Gasteiger partial charge in [-0.15, -0.1) is 10.2 Å². The van der Waals surface area contributed by atoms with Gasteiger partial charge in [0.05, 0.1) is 9.55 Å². The number of fused-ring (bicyclic) bond motifs is 1. The second-order valence-electron chi connectivity index (χ2n) is 4.95. The summed E-state index contributed by atoms with van der Waals surface area (Å²) in [6.45, 7) is 0. The molecule has 0 bridgehead atoms. The molecule has 4 aromatic rings. The number of hydrogen-bond acceptors (Lipinski definition) is 4. The fraction of sp³-hybridized carbons (Fsp3) is 0. The average molecular weight is 340 g/mol. The van der Waals surface area contributed by atoms with E-state index >= 15 is 0 Å². The highest BCUT2D eigenvalue weighted by Crippen LogP contribution is 2.25. The van der Waals surface area contributed by atoms with E-state index in [-0.39, 0.29) is 5.56 Å². The van der Waals surface area contributed by atoms with Crippen molar-refractivity contribution in [2.45, 2.75) is 0 Å². The highest BCUT2D eigenvalue weighted by atomic mass is 35.5. The summed E-state index contributed by atoms with van der Waals surface area (Å²) < 4.78 is 2.13. The highest BCUT2D eigenvalue weighted by Gasteiger charge is 2.15. The Kier molecular flexibility index (Phi) is 3.44. The van der Waals surface area contributed by atoms with Crippen LogP contribution in [0.15, 0.2) is 59.4 Å². The summed E-state index contributed by atoms with van der Waals surface area (Å²) in [5, 5.41) is 8.78. The first kappa shape index (κ1) is 14.1. The highest BCUT2D eigenvalue weighted by molar-refractivity contribution is 7.15. The smallest absolute Gasteiger partial charge is 0.267 e. The molecule has 0 aliphatic heterocycles. The maximum atomic E-state index is 12.7. The molecule has 0 atom stereocenters. The third-order valence-electron chi connectivity index (χ3n) is 3.46. The Morgan fingerprint density at radius 2 is 1.74 bits per heavy atom. The molecule has 0 radical (unpaired) electrons. The minimum Gasteiger partial charge on any atom is -0.267 e. The molecule has 2 aromatic heterocycles. The molecule has 0 unspecified atom stereocenters. The van der Waals surface area contributed by atoms with Crippen molar-refractivity contribution in [1.29, 1.82) is 0 Å². The maximum absolute atomic E-state index is 12.7. The van der Waals surface area contributed by atoms with Crippen LogP contribution < -0.4 is 10.1 Å². The largest absolute Gasteiger partial charge is 0.276 e. The van der Waals surface area contributed by atoms with E-state index in [0.717, 1.165) is 5.56 Å². The third-order valence-corrected chi connectivity index (χ3v) is 4.75. The van der Waals surface area contributed by atoms with Crippen molar-refractivity contribution in [2.24, 2.45) is 0 Å². The number of thiazole rings is 1. The van der Waals surface area contributed by atoms with Gasteiger partial charge >= 0.3 is 0 Å². The zero-order chi connectivity index (χ0) is 15.8. The van der Waals surface area contributed by atoms with Gasteiger partial charge in [0.25, 0.3) is 5.56 Å². The molecule has 0 aliphatic carbocycles. The normalized spacial score (nSPS) is 12.1. The average Bonchev–Trinajstić information content (AvgIpc) is 3.10. The van der Waals surface area contributed by atoms with E-state index in [1.807, 2.05) is 54.6 Å². The van der Waals surface area contributed by atoms with Crippen molar-refractivity contribution < 1.29 is 0 Å². The summed E-state index contributed by atoms with van der Waals surface area (Å²) in [7, 11) is 0.